The summed E-state index contributed by atoms with van der Waals surface area (Å²) in [5.41, 5.74) is 0.770. The van der Waals surface area contributed by atoms with Crippen LogP contribution in [0.1, 0.15) is 26.2 Å². The number of ether oxygens (including phenoxy) is 2. The Hall–Kier alpha value is -2.48. The van der Waals surface area contributed by atoms with Gasteiger partial charge in [0.25, 0.3) is 0 Å². The van der Waals surface area contributed by atoms with E-state index in [2.05, 4.69) is 17.6 Å². The van der Waals surface area contributed by atoms with Crippen molar-refractivity contribution in [1.29, 1.82) is 0 Å². The van der Waals surface area contributed by atoms with Crippen LogP contribution in [0.3, 0.4) is 0 Å². The molecule has 1 unspecified atom stereocenters. The lowest BCUT2D eigenvalue weighted by molar-refractivity contribution is -0.909. The zero-order chi connectivity index (χ0) is 19.5. The topological polar surface area (TPSA) is 84.3 Å². The number of carbonyl (C=O) groups is 2. The third kappa shape index (κ3) is 4.01. The van der Waals surface area contributed by atoms with Crippen molar-refractivity contribution < 1.29 is 24.0 Å². The molecule has 8 heteroatoms. The number of likely N-dealkylation sites (tertiary alicyclic amines) is 1. The van der Waals surface area contributed by atoms with Gasteiger partial charge in [-0.3, -0.25) is 4.79 Å². The molecule has 8 nitrogen and oxygen atoms in total. The van der Waals surface area contributed by atoms with Gasteiger partial charge in [-0.05, 0) is 19.1 Å². The number of nitrogens with one attached hydrogen (secondary N) is 3. The molecule has 0 radical (unpaired) electrons. The number of likely N-dealkylation sites (N-methyl/N-ethyl adjacent to an activating group) is 1. The summed E-state index contributed by atoms with van der Waals surface area (Å²) < 4.78 is 11.1. The molecule has 3 aliphatic heterocycles. The Morgan fingerprint density at radius 3 is 2.93 bits per heavy atom. The number of benzene rings is 1. The summed E-state index contributed by atoms with van der Waals surface area (Å²) in [6.45, 7) is 6.65. The van der Waals surface area contributed by atoms with Gasteiger partial charge in [0.05, 0.1) is 25.7 Å². The number of urea groups is 1. The van der Waals surface area contributed by atoms with E-state index >= 15 is 0 Å². The van der Waals surface area contributed by atoms with Crippen LogP contribution in [0, 0.1) is 0 Å². The van der Waals surface area contributed by atoms with E-state index in [0.717, 1.165) is 18.7 Å². The van der Waals surface area contributed by atoms with Crippen LogP contribution in [0.15, 0.2) is 18.2 Å². The minimum Gasteiger partial charge on any atom is -0.486 e. The molecular formula is C20H29N4O4+. The molecule has 28 heavy (non-hydrogen) atoms. The predicted octanol–water partition coefficient (Wildman–Crippen LogP) is -0.0705. The molecule has 0 aromatic heterocycles. The summed E-state index contributed by atoms with van der Waals surface area (Å²) in [6.07, 6.45) is 2.68. The minimum absolute atomic E-state index is 0.000580. The predicted molar refractivity (Wildman–Crippen MR) is 104 cm³/mol. The fraction of sp³-hybridized carbons (Fsp3) is 0.600. The highest BCUT2D eigenvalue weighted by Crippen LogP contribution is 2.35. The molecule has 3 atom stereocenters. The molecule has 3 aliphatic rings. The van der Waals surface area contributed by atoms with Crippen LogP contribution in [0.25, 0.3) is 0 Å². The van der Waals surface area contributed by atoms with Crippen LogP contribution in [0.2, 0.25) is 0 Å². The molecular weight excluding hydrogens is 360 g/mol. The quantitative estimate of drug-likeness (QED) is 0.658. The average Bonchev–Trinajstić information content (AvgIpc) is 3.31. The first-order chi connectivity index (χ1) is 13.6. The molecule has 4 rings (SSSR count). The van der Waals surface area contributed by atoms with Crippen molar-refractivity contribution >= 4 is 17.6 Å². The van der Waals surface area contributed by atoms with Crippen LogP contribution >= 0.6 is 0 Å². The van der Waals surface area contributed by atoms with E-state index in [1.165, 1.54) is 13.0 Å². The van der Waals surface area contributed by atoms with E-state index in [4.69, 9.17) is 9.47 Å². The van der Waals surface area contributed by atoms with Gasteiger partial charge in [-0.1, -0.05) is 0 Å². The van der Waals surface area contributed by atoms with E-state index in [1.54, 1.807) is 9.80 Å². The van der Waals surface area contributed by atoms with Crippen molar-refractivity contribution in [3.8, 4) is 11.5 Å². The SMILES string of the molecule is CC[NH+]1CCC[C@@H]1CNC(=O)N[C@@H]1CC(=O)N(c2ccc3c(c2)OCCO3)C1. The molecule has 2 saturated heterocycles. The maximum atomic E-state index is 12.5. The monoisotopic (exact) mass is 389 g/mol. The normalized spacial score (nSPS) is 26.4. The average molecular weight is 389 g/mol. The fourth-order valence-corrected chi connectivity index (χ4v) is 4.40. The highest BCUT2D eigenvalue weighted by molar-refractivity contribution is 5.97. The number of fused-ring (bicyclic) bond motifs is 1. The second kappa shape index (κ2) is 8.26. The first-order valence-corrected chi connectivity index (χ1v) is 10.2. The summed E-state index contributed by atoms with van der Waals surface area (Å²) in [5.74, 6) is 1.36. The minimum atomic E-state index is -0.195. The van der Waals surface area contributed by atoms with E-state index in [9.17, 15) is 9.59 Å². The van der Waals surface area contributed by atoms with E-state index in [0.29, 0.717) is 50.3 Å². The van der Waals surface area contributed by atoms with E-state index in [-0.39, 0.29) is 18.0 Å². The smallest absolute Gasteiger partial charge is 0.315 e. The zero-order valence-corrected chi connectivity index (χ0v) is 16.3. The Balaban J connectivity index is 1.30. The maximum Gasteiger partial charge on any atom is 0.315 e. The van der Waals surface area contributed by atoms with Crippen molar-refractivity contribution in [2.75, 3.05) is 44.3 Å². The van der Waals surface area contributed by atoms with Crippen LogP contribution in [0.5, 0.6) is 11.5 Å². The molecule has 0 spiro atoms. The maximum absolute atomic E-state index is 12.5. The van der Waals surface area contributed by atoms with Gasteiger partial charge < -0.3 is 29.9 Å². The van der Waals surface area contributed by atoms with Crippen LogP contribution < -0.4 is 29.9 Å². The molecule has 0 bridgehead atoms. The standard InChI is InChI=1S/C20H28N4O4/c1-2-23-7-3-4-16(23)12-21-20(26)22-14-10-19(25)24(13-14)15-5-6-17-18(11-15)28-9-8-27-17/h5-6,11,14,16H,2-4,7-10,12-13H2,1H3,(H2,21,22,26)/p+1/t14-,16-/m1/s1. The molecule has 1 aromatic rings. The highest BCUT2D eigenvalue weighted by Gasteiger charge is 2.33. The van der Waals surface area contributed by atoms with Crippen LogP contribution in [-0.2, 0) is 4.79 Å². The Morgan fingerprint density at radius 1 is 1.29 bits per heavy atom. The lowest BCUT2D eigenvalue weighted by Crippen LogP contribution is -3.14. The van der Waals surface area contributed by atoms with E-state index < -0.39 is 0 Å². The Kier molecular flexibility index (Phi) is 5.57. The summed E-state index contributed by atoms with van der Waals surface area (Å²) in [4.78, 5) is 28.0. The summed E-state index contributed by atoms with van der Waals surface area (Å²) in [6, 6.07) is 5.62. The number of rotatable bonds is 5. The molecule has 3 heterocycles. The number of anilines is 1. The first-order valence-electron chi connectivity index (χ1n) is 10.2. The van der Waals surface area contributed by atoms with Crippen LogP contribution in [-0.4, -0.2) is 63.4 Å². The Morgan fingerprint density at radius 2 is 2.11 bits per heavy atom. The highest BCUT2D eigenvalue weighted by atomic mass is 16.6. The number of amides is 3. The number of nitrogens with zero attached hydrogens (tertiary/aromatic N) is 1. The summed E-state index contributed by atoms with van der Waals surface area (Å²) in [7, 11) is 0. The van der Waals surface area contributed by atoms with Gasteiger partial charge in [-0.2, -0.15) is 0 Å². The van der Waals surface area contributed by atoms with Crippen molar-refractivity contribution in [2.24, 2.45) is 0 Å². The number of hydrogen-bond donors (Lipinski definition) is 3. The third-order valence-electron chi connectivity index (χ3n) is 5.89. The third-order valence-corrected chi connectivity index (χ3v) is 5.89. The lowest BCUT2D eigenvalue weighted by atomic mass is 10.2. The van der Waals surface area contributed by atoms with Gasteiger partial charge in [0.15, 0.2) is 11.5 Å². The van der Waals surface area contributed by atoms with Gasteiger partial charge >= 0.3 is 6.03 Å². The van der Waals surface area contributed by atoms with Gasteiger partial charge in [-0.25, -0.2) is 4.79 Å². The fourth-order valence-electron chi connectivity index (χ4n) is 4.40. The number of hydrogen-bond acceptors (Lipinski definition) is 4. The van der Waals surface area contributed by atoms with Gasteiger partial charge in [-0.15, -0.1) is 0 Å². The lowest BCUT2D eigenvalue weighted by Gasteiger charge is -2.22. The first kappa shape index (κ1) is 18.9. The second-order valence-corrected chi connectivity index (χ2v) is 7.69. The van der Waals surface area contributed by atoms with Crippen molar-refractivity contribution in [2.45, 2.75) is 38.3 Å². The Bertz CT molecular complexity index is 741. The zero-order valence-electron chi connectivity index (χ0n) is 16.3. The van der Waals surface area contributed by atoms with Gasteiger partial charge in [0, 0.05) is 37.6 Å². The van der Waals surface area contributed by atoms with Gasteiger partial charge in [0.2, 0.25) is 5.91 Å². The summed E-state index contributed by atoms with van der Waals surface area (Å²) in [5, 5.41) is 5.94. The van der Waals surface area contributed by atoms with Crippen molar-refractivity contribution in [1.82, 2.24) is 10.6 Å². The van der Waals surface area contributed by atoms with Crippen molar-refractivity contribution in [3.05, 3.63) is 18.2 Å². The van der Waals surface area contributed by atoms with Gasteiger partial charge in [0.1, 0.15) is 19.3 Å². The number of carbonyl (C=O) groups excluding carboxylic acids is 2. The molecule has 3 amide bonds. The Labute approximate surface area is 165 Å². The number of quaternary nitrogens is 1. The second-order valence-electron chi connectivity index (χ2n) is 7.69. The molecule has 3 N–H and O–H groups in total. The molecule has 152 valence electrons. The largest absolute Gasteiger partial charge is 0.486 e. The molecule has 0 aliphatic carbocycles. The van der Waals surface area contributed by atoms with Crippen molar-refractivity contribution in [3.63, 3.8) is 0 Å². The molecule has 1 aromatic carbocycles. The molecule has 2 fully saturated rings. The molecule has 0 saturated carbocycles. The van der Waals surface area contributed by atoms with E-state index in [1.807, 2.05) is 18.2 Å². The summed E-state index contributed by atoms with van der Waals surface area (Å²) >= 11 is 0. The van der Waals surface area contributed by atoms with Crippen LogP contribution in [0.4, 0.5) is 10.5 Å².